The Kier molecular flexibility index (Phi) is 3.07. The molecule has 0 aromatic carbocycles. The molecule has 1 aliphatic carbocycles. The average Bonchev–Trinajstić information content (AvgIpc) is 2.77. The second-order valence-corrected chi connectivity index (χ2v) is 5.25. The maximum Gasteiger partial charge on any atom is 0.244 e. The summed E-state index contributed by atoms with van der Waals surface area (Å²) in [5.41, 5.74) is 1.27. The summed E-state index contributed by atoms with van der Waals surface area (Å²) in [6, 6.07) is 0. The van der Waals surface area contributed by atoms with Crippen LogP contribution >= 0.6 is 11.6 Å². The lowest BCUT2D eigenvalue weighted by Gasteiger charge is -2.26. The Bertz CT molecular complexity index is 556. The summed E-state index contributed by atoms with van der Waals surface area (Å²) in [6.07, 6.45) is 6.41. The maximum atomic E-state index is 5.97. The van der Waals surface area contributed by atoms with Gasteiger partial charge in [-0.1, -0.05) is 13.3 Å². The van der Waals surface area contributed by atoms with Crippen LogP contribution in [0.2, 0.25) is 5.28 Å². The Morgan fingerprint density at radius 3 is 3.11 bits per heavy atom. The van der Waals surface area contributed by atoms with E-state index in [2.05, 4.69) is 26.9 Å². The summed E-state index contributed by atoms with van der Waals surface area (Å²) in [5, 5.41) is 0.174. The molecular weight excluding hydrogens is 252 g/mol. The molecule has 1 N–H and O–H groups in total. The van der Waals surface area contributed by atoms with E-state index in [9.17, 15) is 0 Å². The number of halogens is 1. The van der Waals surface area contributed by atoms with Crippen LogP contribution in [0.5, 0.6) is 5.88 Å². The first-order valence-corrected chi connectivity index (χ1v) is 6.63. The third kappa shape index (κ3) is 2.27. The van der Waals surface area contributed by atoms with E-state index in [-0.39, 0.29) is 11.4 Å². The van der Waals surface area contributed by atoms with Crippen LogP contribution < -0.4 is 4.74 Å². The summed E-state index contributed by atoms with van der Waals surface area (Å²) >= 11 is 5.87. The van der Waals surface area contributed by atoms with Gasteiger partial charge in [0.15, 0.2) is 5.65 Å². The Morgan fingerprint density at radius 1 is 1.39 bits per heavy atom. The quantitative estimate of drug-likeness (QED) is 0.849. The molecule has 2 unspecified atom stereocenters. The number of rotatable bonds is 2. The van der Waals surface area contributed by atoms with E-state index in [1.54, 1.807) is 6.33 Å². The highest BCUT2D eigenvalue weighted by molar-refractivity contribution is 6.28. The van der Waals surface area contributed by atoms with Crippen LogP contribution in [0.1, 0.15) is 32.6 Å². The molecule has 2 atom stereocenters. The first-order valence-electron chi connectivity index (χ1n) is 6.25. The summed E-state index contributed by atoms with van der Waals surface area (Å²) in [7, 11) is 0. The van der Waals surface area contributed by atoms with Gasteiger partial charge in [0, 0.05) is 0 Å². The number of nitrogens with one attached hydrogen (secondary N) is 1. The molecule has 0 amide bonds. The molecule has 3 rings (SSSR count). The van der Waals surface area contributed by atoms with Gasteiger partial charge in [0.1, 0.15) is 11.6 Å². The van der Waals surface area contributed by atoms with Gasteiger partial charge in [0.2, 0.25) is 11.2 Å². The van der Waals surface area contributed by atoms with Crippen molar-refractivity contribution in [2.75, 3.05) is 0 Å². The highest BCUT2D eigenvalue weighted by Gasteiger charge is 2.22. The topological polar surface area (TPSA) is 63.7 Å². The zero-order valence-electron chi connectivity index (χ0n) is 10.2. The predicted molar refractivity (Wildman–Crippen MR) is 68.7 cm³/mol. The van der Waals surface area contributed by atoms with Gasteiger partial charge in [-0.05, 0) is 36.8 Å². The number of hydrogen-bond acceptors (Lipinski definition) is 4. The van der Waals surface area contributed by atoms with Crippen molar-refractivity contribution >= 4 is 22.8 Å². The van der Waals surface area contributed by atoms with Crippen LogP contribution in [-0.4, -0.2) is 26.0 Å². The highest BCUT2D eigenvalue weighted by atomic mass is 35.5. The van der Waals surface area contributed by atoms with Crippen molar-refractivity contribution in [1.29, 1.82) is 0 Å². The molecule has 0 aliphatic heterocycles. The minimum absolute atomic E-state index is 0.174. The zero-order valence-corrected chi connectivity index (χ0v) is 10.9. The van der Waals surface area contributed by atoms with Gasteiger partial charge in [0.25, 0.3) is 0 Å². The molecule has 2 aromatic rings. The van der Waals surface area contributed by atoms with Gasteiger partial charge in [-0.25, -0.2) is 4.98 Å². The molecule has 0 bridgehead atoms. The molecule has 18 heavy (non-hydrogen) atoms. The number of nitrogens with zero attached hydrogens (tertiary/aromatic N) is 3. The van der Waals surface area contributed by atoms with Crippen molar-refractivity contribution in [3.8, 4) is 5.88 Å². The number of imidazole rings is 1. The molecule has 0 radical (unpaired) electrons. The van der Waals surface area contributed by atoms with Crippen LogP contribution in [0.3, 0.4) is 0 Å². The Hall–Kier alpha value is -1.36. The van der Waals surface area contributed by atoms with Crippen LogP contribution in [-0.2, 0) is 0 Å². The number of aromatic amines is 1. The molecular formula is C12H15ClN4O. The standard InChI is InChI=1S/C12H15ClN4O/c1-7-3-2-4-8(5-7)18-11-9-10(15-6-14-9)16-12(13)17-11/h6-8H,2-5H2,1H3,(H,14,15,16,17). The highest BCUT2D eigenvalue weighted by Crippen LogP contribution is 2.29. The van der Waals surface area contributed by atoms with Crippen molar-refractivity contribution in [1.82, 2.24) is 19.9 Å². The van der Waals surface area contributed by atoms with E-state index < -0.39 is 0 Å². The third-order valence-electron chi connectivity index (χ3n) is 3.39. The number of H-pyrrole nitrogens is 1. The number of ether oxygens (including phenoxy) is 1. The van der Waals surface area contributed by atoms with Crippen molar-refractivity contribution in [2.24, 2.45) is 5.92 Å². The van der Waals surface area contributed by atoms with E-state index in [0.29, 0.717) is 17.4 Å². The van der Waals surface area contributed by atoms with Gasteiger partial charge < -0.3 is 9.72 Å². The number of hydrogen-bond donors (Lipinski definition) is 1. The van der Waals surface area contributed by atoms with E-state index in [1.165, 1.54) is 12.8 Å². The monoisotopic (exact) mass is 266 g/mol. The summed E-state index contributed by atoms with van der Waals surface area (Å²) in [6.45, 7) is 2.26. The fourth-order valence-corrected chi connectivity index (χ4v) is 2.67. The fourth-order valence-electron chi connectivity index (χ4n) is 2.51. The second-order valence-electron chi connectivity index (χ2n) is 4.91. The molecule has 1 aliphatic rings. The van der Waals surface area contributed by atoms with Gasteiger partial charge in [-0.15, -0.1) is 0 Å². The Labute approximate surface area is 110 Å². The van der Waals surface area contributed by atoms with Crippen molar-refractivity contribution in [3.05, 3.63) is 11.6 Å². The van der Waals surface area contributed by atoms with Crippen LogP contribution in [0.25, 0.3) is 11.2 Å². The van der Waals surface area contributed by atoms with E-state index >= 15 is 0 Å². The Morgan fingerprint density at radius 2 is 2.28 bits per heavy atom. The average molecular weight is 267 g/mol. The molecule has 96 valence electrons. The second kappa shape index (κ2) is 4.72. The molecule has 2 aromatic heterocycles. The van der Waals surface area contributed by atoms with E-state index in [4.69, 9.17) is 16.3 Å². The van der Waals surface area contributed by atoms with Gasteiger partial charge in [0.05, 0.1) is 6.33 Å². The minimum Gasteiger partial charge on any atom is -0.473 e. The van der Waals surface area contributed by atoms with Gasteiger partial charge >= 0.3 is 0 Å². The molecule has 1 fully saturated rings. The summed E-state index contributed by atoms with van der Waals surface area (Å²) < 4.78 is 5.97. The van der Waals surface area contributed by atoms with Crippen molar-refractivity contribution in [2.45, 2.75) is 38.7 Å². The Balaban J connectivity index is 1.87. The van der Waals surface area contributed by atoms with Crippen molar-refractivity contribution in [3.63, 3.8) is 0 Å². The first-order chi connectivity index (χ1) is 8.72. The molecule has 2 heterocycles. The van der Waals surface area contributed by atoms with Crippen LogP contribution in [0.15, 0.2) is 6.33 Å². The predicted octanol–water partition coefficient (Wildman–Crippen LogP) is 2.96. The SMILES string of the molecule is CC1CCCC(Oc2nc(Cl)nc3nc[nH]c23)C1. The molecule has 1 saturated carbocycles. The number of aromatic nitrogens is 4. The van der Waals surface area contributed by atoms with E-state index in [1.807, 2.05) is 0 Å². The van der Waals surface area contributed by atoms with Gasteiger partial charge in [-0.2, -0.15) is 9.97 Å². The van der Waals surface area contributed by atoms with Gasteiger partial charge in [-0.3, -0.25) is 0 Å². The van der Waals surface area contributed by atoms with Crippen LogP contribution in [0.4, 0.5) is 0 Å². The third-order valence-corrected chi connectivity index (χ3v) is 3.56. The van der Waals surface area contributed by atoms with Crippen molar-refractivity contribution < 1.29 is 4.74 Å². The zero-order chi connectivity index (χ0) is 12.5. The lowest BCUT2D eigenvalue weighted by atomic mass is 9.89. The molecule has 0 saturated heterocycles. The largest absolute Gasteiger partial charge is 0.473 e. The lowest BCUT2D eigenvalue weighted by Crippen LogP contribution is -2.24. The normalized spacial score (nSPS) is 24.3. The first kappa shape index (κ1) is 11.7. The molecule has 6 heteroatoms. The molecule has 0 spiro atoms. The number of fused-ring (bicyclic) bond motifs is 1. The minimum atomic E-state index is 0.174. The summed E-state index contributed by atoms with van der Waals surface area (Å²) in [4.78, 5) is 15.3. The maximum absolute atomic E-state index is 5.97. The van der Waals surface area contributed by atoms with E-state index in [0.717, 1.165) is 18.4 Å². The smallest absolute Gasteiger partial charge is 0.244 e. The molecule has 5 nitrogen and oxygen atoms in total. The fraction of sp³-hybridized carbons (Fsp3) is 0.583. The summed E-state index contributed by atoms with van der Waals surface area (Å²) in [5.74, 6) is 1.22. The lowest BCUT2D eigenvalue weighted by molar-refractivity contribution is 0.125. The van der Waals surface area contributed by atoms with Crippen LogP contribution in [0, 0.1) is 5.92 Å².